The number of esters is 1. The van der Waals surface area contributed by atoms with Gasteiger partial charge in [-0.25, -0.2) is 9.79 Å². The number of cyclic esters (lactones) is 1. The highest BCUT2D eigenvalue weighted by molar-refractivity contribution is 6.14. The Kier molecular flexibility index (Phi) is 3.42. The Morgan fingerprint density at radius 1 is 1.12 bits per heavy atom. The van der Waals surface area contributed by atoms with Crippen molar-refractivity contribution >= 4 is 23.6 Å². The monoisotopic (exact) mass is 338 g/mol. The van der Waals surface area contributed by atoms with Gasteiger partial charge >= 0.3 is 5.97 Å². The van der Waals surface area contributed by atoms with E-state index >= 15 is 0 Å². The number of carbonyl (C=O) groups is 1. The summed E-state index contributed by atoms with van der Waals surface area (Å²) in [6.07, 6.45) is 1.52. The zero-order valence-electron chi connectivity index (χ0n) is 12.7. The Balaban J connectivity index is 1.70. The Morgan fingerprint density at radius 3 is 2.76 bits per heavy atom. The van der Waals surface area contributed by atoms with E-state index in [1.165, 1.54) is 24.3 Å². The Bertz CT molecular complexity index is 963. The first-order valence-electron chi connectivity index (χ1n) is 7.28. The van der Waals surface area contributed by atoms with E-state index in [0.717, 1.165) is 0 Å². The second kappa shape index (κ2) is 5.75. The molecule has 0 fully saturated rings. The highest BCUT2D eigenvalue weighted by atomic mass is 16.7. The number of hydrogen-bond donors (Lipinski definition) is 0. The summed E-state index contributed by atoms with van der Waals surface area (Å²) >= 11 is 0. The summed E-state index contributed by atoms with van der Waals surface area (Å²) in [5.41, 5.74) is 0.684. The normalized spacial score (nSPS) is 16.7. The first kappa shape index (κ1) is 14.9. The molecule has 2 aliphatic heterocycles. The molecule has 124 valence electrons. The standard InChI is InChI=1S/C17H10N2O6/c20-17-12(7-10-5-6-14-15(8-10)24-9-23-14)18-16(25-17)11-3-1-2-4-13(11)19(21)22/h1-8H,9H2/b12-7-. The molecule has 0 aromatic heterocycles. The second-order valence-corrected chi connectivity index (χ2v) is 5.22. The van der Waals surface area contributed by atoms with E-state index in [0.29, 0.717) is 17.1 Å². The van der Waals surface area contributed by atoms with Gasteiger partial charge in [-0.3, -0.25) is 10.1 Å². The predicted molar refractivity (Wildman–Crippen MR) is 86.3 cm³/mol. The molecule has 0 unspecified atom stereocenters. The molecule has 0 amide bonds. The molecular weight excluding hydrogens is 328 g/mol. The molecule has 2 aliphatic rings. The van der Waals surface area contributed by atoms with Gasteiger partial charge in [0.2, 0.25) is 12.7 Å². The highest BCUT2D eigenvalue weighted by Gasteiger charge is 2.29. The molecule has 0 spiro atoms. The number of ether oxygens (including phenoxy) is 3. The maximum atomic E-state index is 12.0. The maximum Gasteiger partial charge on any atom is 0.363 e. The van der Waals surface area contributed by atoms with Gasteiger partial charge in [-0.15, -0.1) is 0 Å². The molecular formula is C17H10N2O6. The van der Waals surface area contributed by atoms with E-state index in [9.17, 15) is 14.9 Å². The van der Waals surface area contributed by atoms with Crippen molar-refractivity contribution in [3.05, 3.63) is 69.4 Å². The van der Waals surface area contributed by atoms with E-state index in [1.54, 1.807) is 24.3 Å². The van der Waals surface area contributed by atoms with Crippen LogP contribution < -0.4 is 9.47 Å². The first-order chi connectivity index (χ1) is 12.1. The van der Waals surface area contributed by atoms with E-state index in [2.05, 4.69) is 4.99 Å². The second-order valence-electron chi connectivity index (χ2n) is 5.22. The van der Waals surface area contributed by atoms with Crippen LogP contribution in [0.5, 0.6) is 11.5 Å². The largest absolute Gasteiger partial charge is 0.454 e. The van der Waals surface area contributed by atoms with E-state index in [4.69, 9.17) is 14.2 Å². The minimum absolute atomic E-state index is 0.0482. The van der Waals surface area contributed by atoms with Crippen molar-refractivity contribution in [3.63, 3.8) is 0 Å². The van der Waals surface area contributed by atoms with Crippen LogP contribution in [0, 0.1) is 10.1 Å². The summed E-state index contributed by atoms with van der Waals surface area (Å²) in [6.45, 7) is 0.150. The van der Waals surface area contributed by atoms with Gasteiger partial charge in [-0.05, 0) is 29.8 Å². The summed E-state index contributed by atoms with van der Waals surface area (Å²) < 4.78 is 15.6. The highest BCUT2D eigenvalue weighted by Crippen LogP contribution is 2.33. The number of carbonyl (C=O) groups excluding carboxylic acids is 1. The number of aliphatic imine (C=N–C) groups is 1. The first-order valence-corrected chi connectivity index (χ1v) is 7.28. The molecule has 0 saturated heterocycles. The fourth-order valence-corrected chi connectivity index (χ4v) is 2.50. The average molecular weight is 338 g/mol. The van der Waals surface area contributed by atoms with Crippen molar-refractivity contribution in [2.75, 3.05) is 6.79 Å². The van der Waals surface area contributed by atoms with Crippen LogP contribution in [-0.2, 0) is 9.53 Å². The molecule has 25 heavy (non-hydrogen) atoms. The Morgan fingerprint density at radius 2 is 1.92 bits per heavy atom. The summed E-state index contributed by atoms with van der Waals surface area (Å²) in [7, 11) is 0. The number of benzene rings is 2. The third-order valence-electron chi connectivity index (χ3n) is 3.65. The number of fused-ring (bicyclic) bond motifs is 1. The van der Waals surface area contributed by atoms with Crippen LogP contribution in [0.1, 0.15) is 11.1 Å². The third kappa shape index (κ3) is 2.69. The SMILES string of the molecule is O=C1OC(c2ccccc2[N+](=O)[O-])=N/C1=C\c1ccc2c(c1)OCO2. The van der Waals surface area contributed by atoms with Gasteiger partial charge in [0.25, 0.3) is 5.69 Å². The van der Waals surface area contributed by atoms with Gasteiger partial charge in [0.1, 0.15) is 5.56 Å². The van der Waals surface area contributed by atoms with Crippen LogP contribution in [0.3, 0.4) is 0 Å². The fraction of sp³-hybridized carbons (Fsp3) is 0.0588. The lowest BCUT2D eigenvalue weighted by Gasteiger charge is -2.00. The maximum absolute atomic E-state index is 12.0. The van der Waals surface area contributed by atoms with Gasteiger partial charge in [0, 0.05) is 6.07 Å². The van der Waals surface area contributed by atoms with Crippen molar-refractivity contribution in [2.45, 2.75) is 0 Å². The summed E-state index contributed by atoms with van der Waals surface area (Å²) in [5, 5.41) is 11.1. The van der Waals surface area contributed by atoms with E-state index in [-0.39, 0.29) is 29.6 Å². The van der Waals surface area contributed by atoms with Crippen molar-refractivity contribution < 1.29 is 23.9 Å². The molecule has 2 aromatic carbocycles. The van der Waals surface area contributed by atoms with Crippen LogP contribution in [0.2, 0.25) is 0 Å². The number of nitro groups is 1. The van der Waals surface area contributed by atoms with Gasteiger partial charge < -0.3 is 14.2 Å². The summed E-state index contributed by atoms with van der Waals surface area (Å²) in [5.74, 6) is 0.430. The zero-order valence-corrected chi connectivity index (χ0v) is 12.7. The van der Waals surface area contributed by atoms with Crippen LogP contribution in [0.4, 0.5) is 5.69 Å². The van der Waals surface area contributed by atoms with Crippen molar-refractivity contribution in [1.29, 1.82) is 0 Å². The molecule has 0 N–H and O–H groups in total. The number of para-hydroxylation sites is 1. The molecule has 2 aromatic rings. The Hall–Kier alpha value is -3.68. The summed E-state index contributed by atoms with van der Waals surface area (Å²) in [6, 6.07) is 11.1. The molecule has 0 aliphatic carbocycles. The lowest BCUT2D eigenvalue weighted by Crippen LogP contribution is -2.07. The third-order valence-corrected chi connectivity index (χ3v) is 3.65. The van der Waals surface area contributed by atoms with Gasteiger partial charge in [0.05, 0.1) is 4.92 Å². The van der Waals surface area contributed by atoms with Crippen LogP contribution >= 0.6 is 0 Å². The number of nitrogens with zero attached hydrogens (tertiary/aromatic N) is 2. The lowest BCUT2D eigenvalue weighted by molar-refractivity contribution is -0.385. The van der Waals surface area contributed by atoms with Gasteiger partial charge in [-0.2, -0.15) is 0 Å². The summed E-state index contributed by atoms with van der Waals surface area (Å²) in [4.78, 5) is 26.7. The molecule has 2 heterocycles. The molecule has 0 atom stereocenters. The predicted octanol–water partition coefficient (Wildman–Crippen LogP) is 2.67. The number of hydrogen-bond acceptors (Lipinski definition) is 7. The molecule has 0 saturated carbocycles. The quantitative estimate of drug-likeness (QED) is 0.369. The average Bonchev–Trinajstić information content (AvgIpc) is 3.21. The smallest absolute Gasteiger partial charge is 0.363 e. The Labute approximate surface area is 141 Å². The fourth-order valence-electron chi connectivity index (χ4n) is 2.50. The van der Waals surface area contributed by atoms with Crippen LogP contribution in [-0.4, -0.2) is 23.6 Å². The topological polar surface area (TPSA) is 100 Å². The lowest BCUT2D eigenvalue weighted by atomic mass is 10.1. The molecule has 4 rings (SSSR count). The van der Waals surface area contributed by atoms with Gasteiger partial charge in [0.15, 0.2) is 17.2 Å². The molecule has 8 nitrogen and oxygen atoms in total. The number of nitro benzene ring substituents is 1. The minimum Gasteiger partial charge on any atom is -0.454 e. The minimum atomic E-state index is -0.675. The van der Waals surface area contributed by atoms with E-state index < -0.39 is 10.9 Å². The molecule has 0 bridgehead atoms. The van der Waals surface area contributed by atoms with Crippen molar-refractivity contribution in [3.8, 4) is 11.5 Å². The van der Waals surface area contributed by atoms with Crippen molar-refractivity contribution in [1.82, 2.24) is 0 Å². The van der Waals surface area contributed by atoms with Crippen LogP contribution in [0.25, 0.3) is 6.08 Å². The van der Waals surface area contributed by atoms with Gasteiger partial charge in [-0.1, -0.05) is 18.2 Å². The molecule has 8 heteroatoms. The number of rotatable bonds is 3. The van der Waals surface area contributed by atoms with E-state index in [1.807, 2.05) is 0 Å². The molecule has 0 radical (unpaired) electrons. The van der Waals surface area contributed by atoms with Crippen molar-refractivity contribution in [2.24, 2.45) is 4.99 Å². The van der Waals surface area contributed by atoms with Crippen LogP contribution in [0.15, 0.2) is 53.2 Å². The zero-order chi connectivity index (χ0) is 17.4.